The summed E-state index contributed by atoms with van der Waals surface area (Å²) in [4.78, 5) is 2.54. The Bertz CT molecular complexity index is 396. The molecule has 1 aromatic rings. The first-order valence-corrected chi connectivity index (χ1v) is 7.05. The molecule has 1 aliphatic heterocycles. The number of aryl methyl sites for hydroxylation is 2. The van der Waals surface area contributed by atoms with Crippen molar-refractivity contribution in [3.63, 3.8) is 0 Å². The van der Waals surface area contributed by atoms with Gasteiger partial charge in [-0.15, -0.1) is 0 Å². The molecule has 2 nitrogen and oxygen atoms in total. The zero-order valence-electron chi connectivity index (χ0n) is 11.8. The molecule has 0 aromatic heterocycles. The zero-order chi connectivity index (χ0) is 13.1. The maximum Gasteiger partial charge on any atom is 0.0474 e. The predicted molar refractivity (Wildman–Crippen MR) is 75.7 cm³/mol. The summed E-state index contributed by atoms with van der Waals surface area (Å²) in [6.07, 6.45) is 2.58. The summed E-state index contributed by atoms with van der Waals surface area (Å²) in [5, 5.41) is 9.55. The summed E-state index contributed by atoms with van der Waals surface area (Å²) in [6, 6.07) is 7.07. The molecular formula is C16H25NO. The molecule has 1 fully saturated rings. The molecule has 2 rings (SSSR count). The first-order valence-electron chi connectivity index (χ1n) is 7.05. The third kappa shape index (κ3) is 2.76. The largest absolute Gasteiger partial charge is 0.396 e. The Morgan fingerprint density at radius 3 is 2.44 bits per heavy atom. The fraction of sp³-hybridized carbons (Fsp3) is 0.625. The summed E-state index contributed by atoms with van der Waals surface area (Å²) < 4.78 is 0. The lowest BCUT2D eigenvalue weighted by Gasteiger charge is -2.33. The van der Waals surface area contributed by atoms with Crippen LogP contribution in [0.3, 0.4) is 0 Å². The van der Waals surface area contributed by atoms with Crippen molar-refractivity contribution in [3.8, 4) is 0 Å². The normalized spacial score (nSPS) is 20.0. The number of aliphatic hydroxyl groups is 1. The van der Waals surface area contributed by atoms with Crippen LogP contribution < -0.4 is 0 Å². The Kier molecular flexibility index (Phi) is 4.41. The lowest BCUT2D eigenvalue weighted by atomic mass is 9.90. The van der Waals surface area contributed by atoms with E-state index >= 15 is 0 Å². The van der Waals surface area contributed by atoms with Gasteiger partial charge in [-0.1, -0.05) is 30.7 Å². The van der Waals surface area contributed by atoms with Crippen LogP contribution in [0, 0.1) is 19.8 Å². The van der Waals surface area contributed by atoms with Gasteiger partial charge in [-0.2, -0.15) is 0 Å². The van der Waals surface area contributed by atoms with Gasteiger partial charge in [0.15, 0.2) is 0 Å². The van der Waals surface area contributed by atoms with Crippen LogP contribution in [0.4, 0.5) is 0 Å². The molecule has 1 aliphatic rings. The van der Waals surface area contributed by atoms with E-state index in [9.17, 15) is 5.11 Å². The van der Waals surface area contributed by atoms with Crippen molar-refractivity contribution >= 4 is 0 Å². The molecule has 2 unspecified atom stereocenters. The monoisotopic (exact) mass is 247 g/mol. The lowest BCUT2D eigenvalue weighted by molar-refractivity contribution is 0.125. The van der Waals surface area contributed by atoms with Crippen molar-refractivity contribution in [2.24, 2.45) is 5.92 Å². The van der Waals surface area contributed by atoms with Crippen LogP contribution in [-0.4, -0.2) is 29.7 Å². The van der Waals surface area contributed by atoms with E-state index in [-0.39, 0.29) is 6.61 Å². The maximum absolute atomic E-state index is 9.55. The molecular weight excluding hydrogens is 222 g/mol. The van der Waals surface area contributed by atoms with E-state index in [4.69, 9.17) is 0 Å². The smallest absolute Gasteiger partial charge is 0.0474 e. The SMILES string of the molecule is Cc1ccc(C(C(C)CO)N2CCCC2)c(C)c1. The highest BCUT2D eigenvalue weighted by atomic mass is 16.3. The molecule has 18 heavy (non-hydrogen) atoms. The van der Waals surface area contributed by atoms with Crippen molar-refractivity contribution in [2.75, 3.05) is 19.7 Å². The van der Waals surface area contributed by atoms with Crippen LogP contribution in [-0.2, 0) is 0 Å². The molecule has 0 saturated carbocycles. The Morgan fingerprint density at radius 1 is 1.22 bits per heavy atom. The van der Waals surface area contributed by atoms with E-state index in [1.54, 1.807) is 0 Å². The summed E-state index contributed by atoms with van der Waals surface area (Å²) in [5.41, 5.74) is 4.06. The van der Waals surface area contributed by atoms with Crippen molar-refractivity contribution in [2.45, 2.75) is 39.7 Å². The Balaban J connectivity index is 2.32. The van der Waals surface area contributed by atoms with Gasteiger partial charge in [-0.25, -0.2) is 0 Å². The molecule has 0 bridgehead atoms. The standard InChI is InChI=1S/C16H25NO/c1-12-6-7-15(13(2)10-12)16(14(3)11-18)17-8-4-5-9-17/h6-7,10,14,16,18H,4-5,8-9,11H2,1-3H3. The molecule has 2 atom stereocenters. The highest BCUT2D eigenvalue weighted by molar-refractivity contribution is 5.33. The third-order valence-electron chi connectivity index (χ3n) is 4.10. The number of aliphatic hydroxyl groups excluding tert-OH is 1. The van der Waals surface area contributed by atoms with E-state index in [1.165, 1.54) is 42.6 Å². The van der Waals surface area contributed by atoms with Crippen LogP contribution in [0.2, 0.25) is 0 Å². The van der Waals surface area contributed by atoms with Gasteiger partial charge in [0.05, 0.1) is 0 Å². The highest BCUT2D eigenvalue weighted by Crippen LogP contribution is 2.33. The summed E-state index contributed by atoms with van der Waals surface area (Å²) >= 11 is 0. The Labute approximate surface area is 111 Å². The quantitative estimate of drug-likeness (QED) is 0.884. The van der Waals surface area contributed by atoms with Crippen LogP contribution in [0.15, 0.2) is 18.2 Å². The predicted octanol–water partition coefficient (Wildman–Crippen LogP) is 3.07. The molecule has 1 saturated heterocycles. The molecule has 1 heterocycles. The van der Waals surface area contributed by atoms with Crippen LogP contribution in [0.25, 0.3) is 0 Å². The second-order valence-electron chi connectivity index (χ2n) is 5.71. The number of hydrogen-bond donors (Lipinski definition) is 1. The average Bonchev–Trinajstić information content (AvgIpc) is 2.85. The number of benzene rings is 1. The Hall–Kier alpha value is -0.860. The number of likely N-dealkylation sites (tertiary alicyclic amines) is 1. The molecule has 2 heteroatoms. The van der Waals surface area contributed by atoms with E-state index in [2.05, 4.69) is 43.9 Å². The van der Waals surface area contributed by atoms with Crippen molar-refractivity contribution in [1.29, 1.82) is 0 Å². The van der Waals surface area contributed by atoms with Crippen LogP contribution in [0.1, 0.15) is 42.5 Å². The lowest BCUT2D eigenvalue weighted by Crippen LogP contribution is -2.32. The number of rotatable bonds is 4. The minimum Gasteiger partial charge on any atom is -0.396 e. The average molecular weight is 247 g/mol. The van der Waals surface area contributed by atoms with Gasteiger partial charge in [0.1, 0.15) is 0 Å². The second-order valence-corrected chi connectivity index (χ2v) is 5.71. The topological polar surface area (TPSA) is 23.5 Å². The molecule has 0 radical (unpaired) electrons. The highest BCUT2D eigenvalue weighted by Gasteiger charge is 2.28. The summed E-state index contributed by atoms with van der Waals surface area (Å²) in [7, 11) is 0. The van der Waals surface area contributed by atoms with Gasteiger partial charge in [0.2, 0.25) is 0 Å². The van der Waals surface area contributed by atoms with Crippen LogP contribution >= 0.6 is 0 Å². The first-order chi connectivity index (χ1) is 8.63. The van der Waals surface area contributed by atoms with E-state index in [0.717, 1.165) is 0 Å². The molecule has 0 spiro atoms. The third-order valence-corrected chi connectivity index (χ3v) is 4.10. The second kappa shape index (κ2) is 5.85. The van der Waals surface area contributed by atoms with E-state index in [1.807, 2.05) is 0 Å². The van der Waals surface area contributed by atoms with Crippen molar-refractivity contribution in [1.82, 2.24) is 4.90 Å². The fourth-order valence-corrected chi connectivity index (χ4v) is 3.14. The van der Waals surface area contributed by atoms with Crippen LogP contribution in [0.5, 0.6) is 0 Å². The minimum absolute atomic E-state index is 0.258. The van der Waals surface area contributed by atoms with E-state index in [0.29, 0.717) is 12.0 Å². The van der Waals surface area contributed by atoms with Gasteiger partial charge in [-0.05, 0) is 56.8 Å². The molecule has 1 aromatic carbocycles. The first kappa shape index (κ1) is 13.6. The van der Waals surface area contributed by atoms with Gasteiger partial charge < -0.3 is 5.11 Å². The maximum atomic E-state index is 9.55. The number of hydrogen-bond acceptors (Lipinski definition) is 2. The van der Waals surface area contributed by atoms with Crippen molar-refractivity contribution in [3.05, 3.63) is 34.9 Å². The summed E-state index contributed by atoms with van der Waals surface area (Å²) in [6.45, 7) is 9.08. The molecule has 1 N–H and O–H groups in total. The van der Waals surface area contributed by atoms with Gasteiger partial charge in [0, 0.05) is 12.6 Å². The summed E-state index contributed by atoms with van der Waals surface area (Å²) in [5.74, 6) is 0.296. The Morgan fingerprint density at radius 2 is 1.89 bits per heavy atom. The van der Waals surface area contributed by atoms with Gasteiger partial charge >= 0.3 is 0 Å². The van der Waals surface area contributed by atoms with Gasteiger partial charge in [-0.3, -0.25) is 4.90 Å². The molecule has 100 valence electrons. The number of nitrogens with zero attached hydrogens (tertiary/aromatic N) is 1. The molecule has 0 aliphatic carbocycles. The van der Waals surface area contributed by atoms with E-state index < -0.39 is 0 Å². The minimum atomic E-state index is 0.258. The fourth-order valence-electron chi connectivity index (χ4n) is 3.14. The van der Waals surface area contributed by atoms with Gasteiger partial charge in [0.25, 0.3) is 0 Å². The zero-order valence-corrected chi connectivity index (χ0v) is 11.8. The molecule has 0 amide bonds. The van der Waals surface area contributed by atoms with Crippen molar-refractivity contribution < 1.29 is 5.11 Å².